The molecule has 2 aliphatic rings. The molecule has 112 valence electrons. The van der Waals surface area contributed by atoms with Gasteiger partial charge in [-0.3, -0.25) is 9.59 Å². The van der Waals surface area contributed by atoms with E-state index in [-0.39, 0.29) is 23.2 Å². The highest BCUT2D eigenvalue weighted by atomic mass is 32.2. The minimum Gasteiger partial charge on any atom is -0.456 e. The number of Topliss-reactive ketones (excluding diaryl/α,β-unsaturated/α-hetero) is 1. The van der Waals surface area contributed by atoms with E-state index in [0.717, 1.165) is 6.42 Å². The molecule has 0 aromatic carbocycles. The summed E-state index contributed by atoms with van der Waals surface area (Å²) in [6, 6.07) is 2.76. The normalized spacial score (nSPS) is 27.8. The third kappa shape index (κ3) is 2.46. The van der Waals surface area contributed by atoms with Crippen LogP contribution in [0, 0.1) is 0 Å². The standard InChI is InChI=1S/C14H16N2O4S/c1-14-5-4-12(18)16(14)10(8-21-14)13(19)20-7-11(17)9-3-2-6-15-9/h2-3,6,10,15H,4-5,7-8H2,1H3/t10-,14-/m0/s1. The van der Waals surface area contributed by atoms with Gasteiger partial charge in [0.15, 0.2) is 6.61 Å². The largest absolute Gasteiger partial charge is 0.456 e. The molecule has 7 heteroatoms. The second kappa shape index (κ2) is 5.22. The van der Waals surface area contributed by atoms with Crippen molar-refractivity contribution < 1.29 is 19.1 Å². The average Bonchev–Trinajstić information content (AvgIpc) is 3.14. The summed E-state index contributed by atoms with van der Waals surface area (Å²) in [5.74, 6) is -0.270. The van der Waals surface area contributed by atoms with E-state index >= 15 is 0 Å². The Bertz CT molecular complexity index is 586. The highest BCUT2D eigenvalue weighted by Gasteiger charge is 2.53. The lowest BCUT2D eigenvalue weighted by molar-refractivity contribution is -0.152. The number of aromatic amines is 1. The van der Waals surface area contributed by atoms with Gasteiger partial charge in [-0.05, 0) is 25.5 Å². The van der Waals surface area contributed by atoms with Crippen LogP contribution in [0.15, 0.2) is 18.3 Å². The van der Waals surface area contributed by atoms with Crippen LogP contribution in [0.2, 0.25) is 0 Å². The third-order valence-corrected chi connectivity index (χ3v) is 5.47. The molecule has 2 fully saturated rings. The number of esters is 1. The summed E-state index contributed by atoms with van der Waals surface area (Å²) in [5, 5.41) is 0. The molecule has 6 nitrogen and oxygen atoms in total. The molecule has 0 aliphatic carbocycles. The summed E-state index contributed by atoms with van der Waals surface area (Å²) in [6.07, 6.45) is 2.85. The summed E-state index contributed by atoms with van der Waals surface area (Å²) >= 11 is 1.60. The van der Waals surface area contributed by atoms with Crippen LogP contribution in [0.3, 0.4) is 0 Å². The molecule has 2 atom stereocenters. The van der Waals surface area contributed by atoms with Crippen molar-refractivity contribution in [3.8, 4) is 0 Å². The molecule has 0 unspecified atom stereocenters. The highest BCUT2D eigenvalue weighted by Crippen LogP contribution is 2.47. The number of aromatic nitrogens is 1. The summed E-state index contributed by atoms with van der Waals surface area (Å²) < 4.78 is 5.10. The zero-order valence-corrected chi connectivity index (χ0v) is 12.4. The molecule has 1 aromatic rings. The van der Waals surface area contributed by atoms with E-state index in [0.29, 0.717) is 17.9 Å². The summed E-state index contributed by atoms with van der Waals surface area (Å²) in [6.45, 7) is 1.67. The molecule has 1 aromatic heterocycles. The van der Waals surface area contributed by atoms with Gasteiger partial charge in [0.2, 0.25) is 11.7 Å². The molecule has 0 spiro atoms. The zero-order valence-electron chi connectivity index (χ0n) is 11.6. The SMILES string of the molecule is C[C@]12CCC(=O)N1[C@H](C(=O)OCC(=O)c1ccc[nH]1)CS2. The van der Waals surface area contributed by atoms with Crippen molar-refractivity contribution in [2.24, 2.45) is 0 Å². The molecule has 2 aliphatic heterocycles. The predicted molar refractivity (Wildman–Crippen MR) is 76.8 cm³/mol. The van der Waals surface area contributed by atoms with Gasteiger partial charge in [-0.25, -0.2) is 4.79 Å². The van der Waals surface area contributed by atoms with Gasteiger partial charge >= 0.3 is 5.97 Å². The van der Waals surface area contributed by atoms with Crippen LogP contribution >= 0.6 is 11.8 Å². The van der Waals surface area contributed by atoms with E-state index in [9.17, 15) is 14.4 Å². The molecular weight excluding hydrogens is 292 g/mol. The molecule has 3 rings (SSSR count). The van der Waals surface area contributed by atoms with Gasteiger partial charge in [0.05, 0.1) is 10.6 Å². The number of fused-ring (bicyclic) bond motifs is 1. The number of carbonyl (C=O) groups is 3. The fourth-order valence-electron chi connectivity index (χ4n) is 2.81. The van der Waals surface area contributed by atoms with Crippen LogP contribution in [0.4, 0.5) is 0 Å². The van der Waals surface area contributed by atoms with Crippen molar-refractivity contribution >= 4 is 29.4 Å². The van der Waals surface area contributed by atoms with Crippen LogP contribution in [0.5, 0.6) is 0 Å². The topological polar surface area (TPSA) is 79.5 Å². The van der Waals surface area contributed by atoms with Gasteiger partial charge < -0.3 is 14.6 Å². The maximum atomic E-state index is 12.2. The quantitative estimate of drug-likeness (QED) is 0.668. The van der Waals surface area contributed by atoms with Crippen molar-refractivity contribution in [3.63, 3.8) is 0 Å². The number of thioether (sulfide) groups is 1. The van der Waals surface area contributed by atoms with Gasteiger partial charge in [-0.1, -0.05) is 0 Å². The van der Waals surface area contributed by atoms with Gasteiger partial charge in [-0.2, -0.15) is 0 Å². The zero-order chi connectivity index (χ0) is 15.0. The van der Waals surface area contributed by atoms with E-state index in [2.05, 4.69) is 4.98 Å². The minimum atomic E-state index is -0.577. The smallest absolute Gasteiger partial charge is 0.330 e. The van der Waals surface area contributed by atoms with Crippen LogP contribution < -0.4 is 0 Å². The van der Waals surface area contributed by atoms with Crippen molar-refractivity contribution in [1.29, 1.82) is 0 Å². The number of hydrogen-bond donors (Lipinski definition) is 1. The molecule has 21 heavy (non-hydrogen) atoms. The van der Waals surface area contributed by atoms with Crippen molar-refractivity contribution in [1.82, 2.24) is 9.88 Å². The molecule has 2 saturated heterocycles. The van der Waals surface area contributed by atoms with Crippen molar-refractivity contribution in [3.05, 3.63) is 24.0 Å². The van der Waals surface area contributed by atoms with Crippen LogP contribution in [0.25, 0.3) is 0 Å². The van der Waals surface area contributed by atoms with Gasteiger partial charge in [0.25, 0.3) is 0 Å². The lowest BCUT2D eigenvalue weighted by Crippen LogP contribution is -2.46. The molecule has 0 radical (unpaired) electrons. The predicted octanol–water partition coefficient (Wildman–Crippen LogP) is 1.19. The highest BCUT2D eigenvalue weighted by molar-refractivity contribution is 8.01. The maximum Gasteiger partial charge on any atom is 0.330 e. The number of nitrogens with zero attached hydrogens (tertiary/aromatic N) is 1. The second-order valence-electron chi connectivity index (χ2n) is 5.38. The molecule has 1 N–H and O–H groups in total. The van der Waals surface area contributed by atoms with Crippen LogP contribution in [-0.4, -0.2) is 50.8 Å². The Morgan fingerprint density at radius 2 is 2.38 bits per heavy atom. The summed E-state index contributed by atoms with van der Waals surface area (Å²) in [7, 11) is 0. The lowest BCUT2D eigenvalue weighted by atomic mass is 10.2. The van der Waals surface area contributed by atoms with E-state index < -0.39 is 12.0 Å². The van der Waals surface area contributed by atoms with Gasteiger partial charge in [0, 0.05) is 18.4 Å². The van der Waals surface area contributed by atoms with E-state index in [4.69, 9.17) is 4.74 Å². The Hall–Kier alpha value is -1.76. The molecular formula is C14H16N2O4S. The minimum absolute atomic E-state index is 0.0138. The van der Waals surface area contributed by atoms with E-state index in [1.165, 1.54) is 0 Å². The lowest BCUT2D eigenvalue weighted by Gasteiger charge is -2.29. The second-order valence-corrected chi connectivity index (χ2v) is 6.88. The van der Waals surface area contributed by atoms with E-state index in [1.807, 2.05) is 6.92 Å². The first-order valence-corrected chi connectivity index (χ1v) is 7.79. The van der Waals surface area contributed by atoms with Crippen LogP contribution in [-0.2, 0) is 14.3 Å². The fraction of sp³-hybridized carbons (Fsp3) is 0.500. The Kier molecular flexibility index (Phi) is 3.52. The number of rotatable bonds is 4. The molecule has 0 saturated carbocycles. The molecule has 3 heterocycles. The Labute approximate surface area is 126 Å². The van der Waals surface area contributed by atoms with Gasteiger partial charge in [0.1, 0.15) is 6.04 Å². The first-order valence-electron chi connectivity index (χ1n) is 6.80. The molecule has 1 amide bonds. The van der Waals surface area contributed by atoms with Crippen LogP contribution in [0.1, 0.15) is 30.3 Å². The fourth-order valence-corrected chi connectivity index (χ4v) is 4.23. The number of amides is 1. The number of H-pyrrole nitrogens is 1. The third-order valence-electron chi connectivity index (χ3n) is 3.96. The number of hydrogen-bond acceptors (Lipinski definition) is 5. The van der Waals surface area contributed by atoms with E-state index in [1.54, 1.807) is 35.0 Å². The maximum absolute atomic E-state index is 12.2. The monoisotopic (exact) mass is 308 g/mol. The number of ether oxygens (including phenoxy) is 1. The van der Waals surface area contributed by atoms with Gasteiger partial charge in [-0.15, -0.1) is 11.8 Å². The number of nitrogens with one attached hydrogen (secondary N) is 1. The summed E-state index contributed by atoms with van der Waals surface area (Å²) in [5.41, 5.74) is 0.408. The number of carbonyl (C=O) groups excluding carboxylic acids is 3. The average molecular weight is 308 g/mol. The first-order chi connectivity index (χ1) is 10.0. The Morgan fingerprint density at radius 1 is 1.57 bits per heavy atom. The first kappa shape index (κ1) is 14.2. The van der Waals surface area contributed by atoms with Crippen molar-refractivity contribution in [2.45, 2.75) is 30.7 Å². The summed E-state index contributed by atoms with van der Waals surface area (Å²) in [4.78, 5) is 40.0. The van der Waals surface area contributed by atoms with Crippen molar-refractivity contribution in [2.75, 3.05) is 12.4 Å². The Morgan fingerprint density at radius 3 is 3.10 bits per heavy atom. The number of ketones is 1. The Balaban J connectivity index is 1.61. The molecule has 0 bridgehead atoms.